The number of hydrogen-bond acceptors (Lipinski definition) is 3. The van der Waals surface area contributed by atoms with Gasteiger partial charge < -0.3 is 14.7 Å². The summed E-state index contributed by atoms with van der Waals surface area (Å²) in [5, 5.41) is 3.01. The molecule has 0 fully saturated rings. The Hall–Kier alpha value is -0.380. The average Bonchev–Trinajstić information content (AvgIpc) is 2.86. The first-order valence-electron chi connectivity index (χ1n) is 16.2. The van der Waals surface area contributed by atoms with Crippen molar-refractivity contribution in [3.05, 3.63) is 0 Å². The zero-order chi connectivity index (χ0) is 27.3. The first-order valence-corrected chi connectivity index (χ1v) is 18.2. The molecule has 2 N–H and O–H groups in total. The van der Waals surface area contributed by atoms with Crippen LogP contribution >= 0.6 is 7.60 Å². The van der Waals surface area contributed by atoms with Crippen LogP contribution in [0, 0.1) is 0 Å². The summed E-state index contributed by atoms with van der Waals surface area (Å²) in [6.07, 6.45) is 33.3. The summed E-state index contributed by atoms with van der Waals surface area (Å²) in [6, 6.07) is 0. The summed E-state index contributed by atoms with van der Waals surface area (Å²) in [7, 11) is -3.33. The van der Waals surface area contributed by atoms with Gasteiger partial charge in [0.15, 0.2) is 0 Å². The van der Waals surface area contributed by atoms with Gasteiger partial charge in [-0.05, 0) is 19.3 Å². The lowest BCUT2D eigenvalue weighted by atomic mass is 10.0. The summed E-state index contributed by atoms with van der Waals surface area (Å²) < 4.78 is 15.8. The third-order valence-corrected chi connectivity index (χ3v) is 7.89. The zero-order valence-electron chi connectivity index (χ0n) is 24.9. The van der Waals surface area contributed by atoms with E-state index < -0.39 is 7.60 Å². The first-order chi connectivity index (χ1) is 18.0. The molecule has 0 aliphatic carbocycles. The van der Waals surface area contributed by atoms with E-state index in [9.17, 15) is 9.36 Å². The summed E-state index contributed by atoms with van der Waals surface area (Å²) in [5.41, 5.74) is 0. The Labute approximate surface area is 231 Å². The normalized spacial score (nSPS) is 13.1. The predicted molar refractivity (Wildman–Crippen MR) is 160 cm³/mol. The lowest BCUT2D eigenvalue weighted by molar-refractivity contribution is -0.121. The van der Waals surface area contributed by atoms with Crippen LogP contribution in [0.4, 0.5) is 0 Å². The quantitative estimate of drug-likeness (QED) is 0.0695. The number of hydrogen-bond donors (Lipinski definition) is 2. The highest BCUT2D eigenvalue weighted by Crippen LogP contribution is 2.36. The molecule has 0 saturated heterocycles. The average molecular weight is 546 g/mol. The molecule has 0 spiro atoms. The summed E-state index contributed by atoms with van der Waals surface area (Å²) in [5.74, 6) is 0.174. The maximum absolute atomic E-state index is 11.9. The Kier molecular flexibility index (Phi) is 28.3. The Bertz CT molecular complexity index is 523. The zero-order valence-corrected chi connectivity index (χ0v) is 25.8. The van der Waals surface area contributed by atoms with Gasteiger partial charge >= 0.3 is 7.60 Å². The van der Waals surface area contributed by atoms with Gasteiger partial charge in [-0.1, -0.05) is 148 Å². The van der Waals surface area contributed by atoms with Crippen LogP contribution in [0.25, 0.3) is 0 Å². The van der Waals surface area contributed by atoms with E-state index >= 15 is 0 Å². The van der Waals surface area contributed by atoms with Gasteiger partial charge in [0, 0.05) is 19.6 Å². The largest absolute Gasteiger partial charge is 0.356 e. The summed E-state index contributed by atoms with van der Waals surface area (Å²) in [4.78, 5) is 20.9. The van der Waals surface area contributed by atoms with E-state index in [-0.39, 0.29) is 5.91 Å². The molecule has 1 unspecified atom stereocenters. The third-order valence-electron chi connectivity index (χ3n) is 7.23. The van der Waals surface area contributed by atoms with Gasteiger partial charge in [-0.2, -0.15) is 0 Å². The lowest BCUT2D eigenvalue weighted by Gasteiger charge is -2.07. The number of carbonyl (C=O) groups excluding carboxylic acids is 1. The molecular weight excluding hydrogens is 481 g/mol. The highest BCUT2D eigenvalue weighted by molar-refractivity contribution is 7.51. The Morgan fingerprint density at radius 3 is 1.35 bits per heavy atom. The van der Waals surface area contributed by atoms with E-state index in [1.54, 1.807) is 0 Å². The minimum absolute atomic E-state index is 0.174. The fourth-order valence-corrected chi connectivity index (χ4v) is 5.32. The van der Waals surface area contributed by atoms with Crippen molar-refractivity contribution < 1.29 is 18.8 Å². The molecule has 0 heterocycles. The molecule has 6 heteroatoms. The molecule has 0 aliphatic heterocycles. The first kappa shape index (κ1) is 36.6. The van der Waals surface area contributed by atoms with E-state index in [1.807, 2.05) is 0 Å². The van der Waals surface area contributed by atoms with Gasteiger partial charge in [-0.25, -0.2) is 0 Å². The van der Waals surface area contributed by atoms with Crippen LogP contribution in [0.3, 0.4) is 0 Å². The molecule has 1 atom stereocenters. The van der Waals surface area contributed by atoms with Crippen molar-refractivity contribution in [1.29, 1.82) is 0 Å². The second-order valence-electron chi connectivity index (χ2n) is 11.2. The molecule has 0 bridgehead atoms. The highest BCUT2D eigenvalue weighted by Gasteiger charge is 2.08. The van der Waals surface area contributed by atoms with E-state index in [1.165, 1.54) is 135 Å². The van der Waals surface area contributed by atoms with Crippen molar-refractivity contribution in [3.8, 4) is 0 Å². The van der Waals surface area contributed by atoms with Crippen molar-refractivity contribution in [2.75, 3.05) is 19.8 Å². The van der Waals surface area contributed by atoms with Gasteiger partial charge in [-0.3, -0.25) is 9.36 Å². The Balaban J connectivity index is 3.16. The maximum Gasteiger partial charge on any atom is 0.325 e. The number of amides is 1. The van der Waals surface area contributed by atoms with Gasteiger partial charge in [0.25, 0.3) is 0 Å². The topological polar surface area (TPSA) is 75.6 Å². The number of rotatable bonds is 30. The molecule has 0 saturated carbocycles. The number of nitrogens with one attached hydrogen (secondary N) is 1. The second kappa shape index (κ2) is 28.6. The predicted octanol–water partition coefficient (Wildman–Crippen LogP) is 10.1. The van der Waals surface area contributed by atoms with Gasteiger partial charge in [0.2, 0.25) is 5.91 Å². The second-order valence-corrected chi connectivity index (χ2v) is 13.1. The van der Waals surface area contributed by atoms with Gasteiger partial charge in [0.1, 0.15) is 0 Å². The summed E-state index contributed by atoms with van der Waals surface area (Å²) in [6.45, 7) is 4.56. The molecule has 5 nitrogen and oxygen atoms in total. The third kappa shape index (κ3) is 33.6. The fourth-order valence-electron chi connectivity index (χ4n) is 4.85. The molecule has 222 valence electrons. The van der Waals surface area contributed by atoms with E-state index in [0.29, 0.717) is 13.0 Å². The van der Waals surface area contributed by atoms with Crippen molar-refractivity contribution >= 4 is 13.5 Å². The van der Waals surface area contributed by atoms with Crippen molar-refractivity contribution in [2.24, 2.45) is 0 Å². The molecule has 0 aliphatic rings. The van der Waals surface area contributed by atoms with Crippen LogP contribution < -0.4 is 5.32 Å². The lowest BCUT2D eigenvalue weighted by Crippen LogP contribution is -2.23. The summed E-state index contributed by atoms with van der Waals surface area (Å²) >= 11 is 0. The van der Waals surface area contributed by atoms with E-state index in [4.69, 9.17) is 9.42 Å². The molecular formula is C31H64NO4P. The van der Waals surface area contributed by atoms with Crippen LogP contribution in [0.15, 0.2) is 0 Å². The number of carbonyl (C=O) groups is 1. The van der Waals surface area contributed by atoms with Crippen LogP contribution in [-0.4, -0.2) is 30.6 Å². The Morgan fingerprint density at radius 1 is 0.595 bits per heavy atom. The van der Waals surface area contributed by atoms with E-state index in [0.717, 1.165) is 38.6 Å². The fraction of sp³-hybridized carbons (Fsp3) is 0.968. The molecule has 0 aromatic heterocycles. The van der Waals surface area contributed by atoms with Crippen molar-refractivity contribution in [3.63, 3.8) is 0 Å². The smallest absolute Gasteiger partial charge is 0.325 e. The Morgan fingerprint density at radius 2 is 0.946 bits per heavy atom. The standard InChI is InChI=1S/C31H64NO4P/c1-3-4-5-6-7-8-9-10-11-12-13-14-15-16-17-18-19-20-21-22-25-28-31(33)32-29-26-23-24-27-30-36-37(2,34)35/h3-30H2,1-2H3,(H,32,33)(H,34,35). The molecule has 0 radical (unpaired) electrons. The van der Waals surface area contributed by atoms with Gasteiger partial charge in [-0.15, -0.1) is 0 Å². The van der Waals surface area contributed by atoms with Gasteiger partial charge in [0.05, 0.1) is 6.61 Å². The van der Waals surface area contributed by atoms with Crippen LogP contribution in [-0.2, 0) is 13.9 Å². The number of unbranched alkanes of at least 4 members (excludes halogenated alkanes) is 23. The molecule has 0 aromatic rings. The monoisotopic (exact) mass is 545 g/mol. The minimum atomic E-state index is -3.33. The molecule has 0 rings (SSSR count). The van der Waals surface area contributed by atoms with Crippen molar-refractivity contribution in [2.45, 2.75) is 174 Å². The SMILES string of the molecule is CCCCCCCCCCCCCCCCCCCCCCCC(=O)NCCCCCCOP(C)(=O)O. The molecule has 37 heavy (non-hydrogen) atoms. The van der Waals surface area contributed by atoms with Crippen LogP contribution in [0.5, 0.6) is 0 Å². The minimum Gasteiger partial charge on any atom is -0.356 e. The maximum atomic E-state index is 11.9. The van der Waals surface area contributed by atoms with Crippen molar-refractivity contribution in [1.82, 2.24) is 5.32 Å². The van der Waals surface area contributed by atoms with Crippen LogP contribution in [0.2, 0.25) is 0 Å². The van der Waals surface area contributed by atoms with Crippen LogP contribution in [0.1, 0.15) is 174 Å². The highest BCUT2D eigenvalue weighted by atomic mass is 31.2. The molecule has 1 amide bonds. The molecule has 0 aromatic carbocycles. The van der Waals surface area contributed by atoms with E-state index in [2.05, 4.69) is 12.2 Å².